The van der Waals surface area contributed by atoms with E-state index < -0.39 is 0 Å². The Bertz CT molecular complexity index is 530. The van der Waals surface area contributed by atoms with Crippen LogP contribution < -0.4 is 0 Å². The first-order chi connectivity index (χ1) is 8.83. The van der Waals surface area contributed by atoms with Gasteiger partial charge in [0.25, 0.3) is 0 Å². The van der Waals surface area contributed by atoms with Crippen LogP contribution in [0.5, 0.6) is 0 Å². The molecular weight excluding hydrogens is 220 g/mol. The highest BCUT2D eigenvalue weighted by atomic mass is 15.1. The molecule has 1 atom stereocenters. The molecule has 0 aliphatic carbocycles. The summed E-state index contributed by atoms with van der Waals surface area (Å²) >= 11 is 0. The standard InChI is InChI=1S/C16H20N2/c1-13-4-3-9-18(11-13)12-15-6-2-5-14-10-17-8-7-16(14)15/h2,5-8,10,13H,3-4,9,11-12H2,1H3/t13-/m1/s1. The fourth-order valence-corrected chi connectivity index (χ4v) is 3.00. The van der Waals surface area contributed by atoms with E-state index in [9.17, 15) is 0 Å². The van der Waals surface area contributed by atoms with E-state index in [1.165, 1.54) is 42.3 Å². The molecule has 1 fully saturated rings. The first kappa shape index (κ1) is 11.7. The van der Waals surface area contributed by atoms with Gasteiger partial charge in [0.15, 0.2) is 0 Å². The molecule has 1 aromatic carbocycles. The maximum absolute atomic E-state index is 4.20. The number of pyridine rings is 1. The van der Waals surface area contributed by atoms with Gasteiger partial charge in [-0.15, -0.1) is 0 Å². The third kappa shape index (κ3) is 2.39. The van der Waals surface area contributed by atoms with E-state index in [-0.39, 0.29) is 0 Å². The predicted molar refractivity (Wildman–Crippen MR) is 75.4 cm³/mol. The van der Waals surface area contributed by atoms with Crippen LogP contribution in [0, 0.1) is 5.92 Å². The quantitative estimate of drug-likeness (QED) is 0.799. The molecule has 1 saturated heterocycles. The second-order valence-corrected chi connectivity index (χ2v) is 5.50. The largest absolute Gasteiger partial charge is 0.299 e. The summed E-state index contributed by atoms with van der Waals surface area (Å²) in [4.78, 5) is 6.79. The molecule has 2 heteroatoms. The molecule has 0 spiro atoms. The van der Waals surface area contributed by atoms with E-state index in [1.54, 1.807) is 0 Å². The zero-order valence-corrected chi connectivity index (χ0v) is 11.0. The Kier molecular flexibility index (Phi) is 3.28. The van der Waals surface area contributed by atoms with E-state index in [1.807, 2.05) is 12.4 Å². The van der Waals surface area contributed by atoms with Gasteiger partial charge in [0.2, 0.25) is 0 Å². The van der Waals surface area contributed by atoms with Crippen molar-refractivity contribution in [1.82, 2.24) is 9.88 Å². The Morgan fingerprint density at radius 2 is 2.28 bits per heavy atom. The van der Waals surface area contributed by atoms with Gasteiger partial charge in [0, 0.05) is 30.9 Å². The first-order valence-electron chi connectivity index (χ1n) is 6.87. The molecule has 2 nitrogen and oxygen atoms in total. The molecule has 18 heavy (non-hydrogen) atoms. The Labute approximate surface area is 109 Å². The average Bonchev–Trinajstić information content (AvgIpc) is 2.39. The van der Waals surface area contributed by atoms with E-state index in [0.717, 1.165) is 12.5 Å². The summed E-state index contributed by atoms with van der Waals surface area (Å²) in [5, 5.41) is 2.60. The Balaban J connectivity index is 1.86. The maximum Gasteiger partial charge on any atom is 0.0346 e. The molecule has 0 radical (unpaired) electrons. The van der Waals surface area contributed by atoms with E-state index in [2.05, 4.69) is 41.1 Å². The summed E-state index contributed by atoms with van der Waals surface area (Å²) in [5.74, 6) is 0.843. The van der Waals surface area contributed by atoms with Gasteiger partial charge in [-0.05, 0) is 42.3 Å². The van der Waals surface area contributed by atoms with Gasteiger partial charge < -0.3 is 0 Å². The minimum absolute atomic E-state index is 0.843. The Hall–Kier alpha value is -1.41. The topological polar surface area (TPSA) is 16.1 Å². The molecule has 0 saturated carbocycles. The lowest BCUT2D eigenvalue weighted by Crippen LogP contribution is -2.33. The molecule has 3 rings (SSSR count). The predicted octanol–water partition coefficient (Wildman–Crippen LogP) is 3.47. The van der Waals surface area contributed by atoms with Crippen molar-refractivity contribution in [3.63, 3.8) is 0 Å². The lowest BCUT2D eigenvalue weighted by Gasteiger charge is -2.31. The summed E-state index contributed by atoms with van der Waals surface area (Å²) < 4.78 is 0. The highest BCUT2D eigenvalue weighted by Gasteiger charge is 2.16. The first-order valence-corrected chi connectivity index (χ1v) is 6.87. The Morgan fingerprint density at radius 3 is 3.17 bits per heavy atom. The third-order valence-electron chi connectivity index (χ3n) is 3.91. The van der Waals surface area contributed by atoms with Gasteiger partial charge in [-0.1, -0.05) is 25.1 Å². The van der Waals surface area contributed by atoms with Crippen LogP contribution in [0.3, 0.4) is 0 Å². The minimum Gasteiger partial charge on any atom is -0.299 e. The number of hydrogen-bond donors (Lipinski definition) is 0. The van der Waals surface area contributed by atoms with Crippen LogP contribution in [-0.2, 0) is 6.54 Å². The number of hydrogen-bond acceptors (Lipinski definition) is 2. The average molecular weight is 240 g/mol. The van der Waals surface area contributed by atoms with Crippen molar-refractivity contribution in [2.24, 2.45) is 5.92 Å². The van der Waals surface area contributed by atoms with Crippen LogP contribution >= 0.6 is 0 Å². The van der Waals surface area contributed by atoms with E-state index in [0.29, 0.717) is 0 Å². The fraction of sp³-hybridized carbons (Fsp3) is 0.438. The number of piperidine rings is 1. The smallest absolute Gasteiger partial charge is 0.0346 e. The molecule has 1 aromatic heterocycles. The van der Waals surface area contributed by atoms with Crippen LogP contribution in [0.2, 0.25) is 0 Å². The summed E-state index contributed by atoms with van der Waals surface area (Å²) in [6.45, 7) is 5.91. The summed E-state index contributed by atoms with van der Waals surface area (Å²) in [7, 11) is 0. The normalized spacial score (nSPS) is 21.3. The van der Waals surface area contributed by atoms with Crippen LogP contribution in [0.15, 0.2) is 36.7 Å². The van der Waals surface area contributed by atoms with Crippen LogP contribution in [0.25, 0.3) is 10.8 Å². The zero-order valence-electron chi connectivity index (χ0n) is 11.0. The van der Waals surface area contributed by atoms with Crippen molar-refractivity contribution in [2.75, 3.05) is 13.1 Å². The van der Waals surface area contributed by atoms with Crippen molar-refractivity contribution in [2.45, 2.75) is 26.3 Å². The number of rotatable bonds is 2. The van der Waals surface area contributed by atoms with E-state index in [4.69, 9.17) is 0 Å². The molecule has 1 aliphatic rings. The molecule has 2 heterocycles. The number of benzene rings is 1. The molecular formula is C16H20N2. The van der Waals surface area contributed by atoms with Crippen molar-refractivity contribution in [3.05, 3.63) is 42.2 Å². The van der Waals surface area contributed by atoms with Gasteiger partial charge in [-0.3, -0.25) is 9.88 Å². The second-order valence-electron chi connectivity index (χ2n) is 5.50. The fourth-order valence-electron chi connectivity index (χ4n) is 3.00. The maximum atomic E-state index is 4.20. The molecule has 94 valence electrons. The zero-order chi connectivity index (χ0) is 12.4. The number of nitrogens with zero attached hydrogens (tertiary/aromatic N) is 2. The third-order valence-corrected chi connectivity index (χ3v) is 3.91. The lowest BCUT2D eigenvalue weighted by molar-refractivity contribution is 0.177. The second kappa shape index (κ2) is 5.07. The highest BCUT2D eigenvalue weighted by Crippen LogP contribution is 2.22. The molecule has 0 amide bonds. The molecule has 0 bridgehead atoms. The Morgan fingerprint density at radius 1 is 1.33 bits per heavy atom. The van der Waals surface area contributed by atoms with Crippen molar-refractivity contribution < 1.29 is 0 Å². The number of aromatic nitrogens is 1. The molecule has 0 unspecified atom stereocenters. The summed E-state index contributed by atoms with van der Waals surface area (Å²) in [5.41, 5.74) is 1.43. The number of likely N-dealkylation sites (tertiary alicyclic amines) is 1. The van der Waals surface area contributed by atoms with Crippen molar-refractivity contribution >= 4 is 10.8 Å². The van der Waals surface area contributed by atoms with Crippen molar-refractivity contribution in [1.29, 1.82) is 0 Å². The van der Waals surface area contributed by atoms with Gasteiger partial charge in [0.1, 0.15) is 0 Å². The van der Waals surface area contributed by atoms with Crippen LogP contribution in [-0.4, -0.2) is 23.0 Å². The van der Waals surface area contributed by atoms with E-state index >= 15 is 0 Å². The van der Waals surface area contributed by atoms with Gasteiger partial charge in [-0.25, -0.2) is 0 Å². The van der Waals surface area contributed by atoms with Crippen LogP contribution in [0.4, 0.5) is 0 Å². The number of fused-ring (bicyclic) bond motifs is 1. The van der Waals surface area contributed by atoms with Crippen molar-refractivity contribution in [3.8, 4) is 0 Å². The van der Waals surface area contributed by atoms with Crippen LogP contribution in [0.1, 0.15) is 25.3 Å². The highest BCUT2D eigenvalue weighted by molar-refractivity contribution is 5.84. The van der Waals surface area contributed by atoms with Gasteiger partial charge in [0.05, 0.1) is 0 Å². The molecule has 1 aliphatic heterocycles. The lowest BCUT2D eigenvalue weighted by atomic mass is 9.99. The SMILES string of the molecule is C[C@@H]1CCCN(Cc2cccc3cnccc23)C1. The van der Waals surface area contributed by atoms with Gasteiger partial charge in [-0.2, -0.15) is 0 Å². The monoisotopic (exact) mass is 240 g/mol. The van der Waals surface area contributed by atoms with Gasteiger partial charge >= 0.3 is 0 Å². The minimum atomic E-state index is 0.843. The molecule has 0 N–H and O–H groups in total. The summed E-state index contributed by atoms with van der Waals surface area (Å²) in [6.07, 6.45) is 6.58. The molecule has 2 aromatic rings. The summed E-state index contributed by atoms with van der Waals surface area (Å²) in [6, 6.07) is 8.68.